The fourth-order valence-electron chi connectivity index (χ4n) is 16.7. The van der Waals surface area contributed by atoms with Gasteiger partial charge in [0, 0.05) is 176 Å². The molecule has 0 aliphatic carbocycles. The number of pyridine rings is 2. The van der Waals surface area contributed by atoms with Gasteiger partial charge in [0.15, 0.2) is 11.6 Å². The molecule has 0 radical (unpaired) electrons. The monoisotopic (exact) mass is 1650 g/mol. The van der Waals surface area contributed by atoms with Crippen molar-refractivity contribution in [1.29, 1.82) is 0 Å². The lowest BCUT2D eigenvalue weighted by atomic mass is 10.0. The van der Waals surface area contributed by atoms with E-state index in [4.69, 9.17) is 28.4 Å². The van der Waals surface area contributed by atoms with E-state index in [1.54, 1.807) is 62.8 Å². The van der Waals surface area contributed by atoms with Gasteiger partial charge >= 0.3 is 42.3 Å². The largest absolute Gasteiger partial charge is 0.497 e. The number of benzene rings is 4. The van der Waals surface area contributed by atoms with E-state index in [0.29, 0.717) is 148 Å². The number of ether oxygens (including phenoxy) is 6. The van der Waals surface area contributed by atoms with E-state index in [1.165, 1.54) is 12.4 Å². The van der Waals surface area contributed by atoms with Gasteiger partial charge in [-0.3, -0.25) is 9.97 Å². The molecular formula is C87H117F2N17O13. The summed E-state index contributed by atoms with van der Waals surface area (Å²) >= 11 is 0. The number of carbonyl (C=O) groups is 7. The Bertz CT molecular complexity index is 4330. The average Bonchev–Trinajstić information content (AvgIpc) is 0.800. The first kappa shape index (κ1) is 87.0. The Morgan fingerprint density at radius 1 is 0.403 bits per heavy atom. The predicted molar refractivity (Wildman–Crippen MR) is 445 cm³/mol. The van der Waals surface area contributed by atoms with Crippen molar-refractivity contribution in [2.24, 2.45) is 0 Å². The van der Waals surface area contributed by atoms with Gasteiger partial charge < -0.3 is 103 Å². The lowest BCUT2D eigenvalue weighted by Crippen LogP contribution is -2.63. The zero-order valence-electron chi connectivity index (χ0n) is 70.4. The van der Waals surface area contributed by atoms with Crippen LogP contribution in [0.25, 0.3) is 0 Å². The molecule has 12 heterocycles. The summed E-state index contributed by atoms with van der Waals surface area (Å²) in [6.45, 7) is 26.8. The summed E-state index contributed by atoms with van der Waals surface area (Å²) in [5.74, 6) is 2.60. The van der Waals surface area contributed by atoms with Crippen LogP contribution in [0.2, 0.25) is 0 Å². The van der Waals surface area contributed by atoms with E-state index in [9.17, 15) is 42.3 Å². The summed E-state index contributed by atoms with van der Waals surface area (Å²) in [7, 11) is 6.58. The third-order valence-electron chi connectivity index (χ3n) is 22.8. The Kier molecular flexibility index (Phi) is 29.2. The van der Waals surface area contributed by atoms with Gasteiger partial charge in [-0.2, -0.15) is 0 Å². The number of anilines is 2. The number of hydrogen-bond donors (Lipinski definition) is 2. The number of urea groups is 5. The number of aromatic nitrogens is 2. The third-order valence-corrected chi connectivity index (χ3v) is 22.8. The number of halogens is 2. The SMILES string of the molecule is CC(C)(C)OC(=O)N1CCN2C(=O)NCCC2C1.COc1cccc(CN2CCC3CN(C(=O)OC(C)(C)C)CCN3C2=O)c1.COc1cccc(CN2CCC3CNCCN3C2=O)c1.COc1cccc(CN2CC[C@@H]3CN(c4ccncc4F)CCN3C2=O)c1.COc1cccc(CN2CC[C@H]3CN(c4ccncc4F)CCN3C2=O)c1. The van der Waals surface area contributed by atoms with Crippen molar-refractivity contribution in [1.82, 2.24) is 74.5 Å². The first-order valence-corrected chi connectivity index (χ1v) is 41.4. The first-order chi connectivity index (χ1) is 57.2. The second-order valence-corrected chi connectivity index (χ2v) is 33.2. The summed E-state index contributed by atoms with van der Waals surface area (Å²) in [4.78, 5) is 119. The minimum Gasteiger partial charge on any atom is -0.497 e. The second-order valence-electron chi connectivity index (χ2n) is 33.2. The molecule has 10 saturated heterocycles. The smallest absolute Gasteiger partial charge is 0.410 e. The lowest BCUT2D eigenvalue weighted by Gasteiger charge is -2.47. The molecule has 0 saturated carbocycles. The Morgan fingerprint density at radius 3 is 1.10 bits per heavy atom. The van der Waals surface area contributed by atoms with Crippen LogP contribution in [0, 0.1) is 11.6 Å². The highest BCUT2D eigenvalue weighted by molar-refractivity contribution is 5.79. The van der Waals surface area contributed by atoms with Crippen molar-refractivity contribution in [3.8, 4) is 23.0 Å². The van der Waals surface area contributed by atoms with Crippen LogP contribution in [0.5, 0.6) is 23.0 Å². The second kappa shape index (κ2) is 40.0. The molecule has 0 bridgehead atoms. The van der Waals surface area contributed by atoms with E-state index in [-0.39, 0.29) is 78.1 Å². The lowest BCUT2D eigenvalue weighted by molar-refractivity contribution is -0.000988. The molecule has 12 amide bonds. The number of fused-ring (bicyclic) bond motifs is 5. The molecule has 30 nitrogen and oxygen atoms in total. The number of amides is 12. The minimum absolute atomic E-state index is 0.0184. The number of piperazine rings is 5. The van der Waals surface area contributed by atoms with E-state index in [1.807, 2.05) is 193 Å². The van der Waals surface area contributed by atoms with Gasteiger partial charge in [0.2, 0.25) is 0 Å². The van der Waals surface area contributed by atoms with Crippen LogP contribution >= 0.6 is 0 Å². The summed E-state index contributed by atoms with van der Waals surface area (Å²) in [6.07, 6.45) is 9.62. The fraction of sp³-hybridized carbons (Fsp3) is 0.529. The van der Waals surface area contributed by atoms with Gasteiger partial charge in [-0.25, -0.2) is 42.3 Å². The van der Waals surface area contributed by atoms with Crippen molar-refractivity contribution < 1.29 is 70.8 Å². The van der Waals surface area contributed by atoms with Crippen molar-refractivity contribution >= 4 is 53.7 Å². The molecule has 6 aromatic rings. The van der Waals surface area contributed by atoms with Gasteiger partial charge in [0.25, 0.3) is 0 Å². The van der Waals surface area contributed by atoms with Gasteiger partial charge in [0.05, 0.1) is 76.4 Å². The Morgan fingerprint density at radius 2 is 0.739 bits per heavy atom. The molecule has 0 spiro atoms. The van der Waals surface area contributed by atoms with E-state index < -0.39 is 11.2 Å². The molecule has 119 heavy (non-hydrogen) atoms. The van der Waals surface area contributed by atoms with E-state index in [2.05, 4.69) is 20.6 Å². The number of rotatable bonds is 14. The quantitative estimate of drug-likeness (QED) is 0.103. The number of hydrogen-bond acceptors (Lipinski definition) is 18. The van der Waals surface area contributed by atoms with Crippen molar-refractivity contribution in [3.63, 3.8) is 0 Å². The van der Waals surface area contributed by atoms with Crippen molar-refractivity contribution in [2.45, 2.75) is 141 Å². The van der Waals surface area contributed by atoms with Crippen LogP contribution < -0.4 is 39.4 Å². The zero-order chi connectivity index (χ0) is 84.5. The maximum absolute atomic E-state index is 14.0. The molecule has 3 unspecified atom stereocenters. The summed E-state index contributed by atoms with van der Waals surface area (Å²) in [6, 6.07) is 35.8. The average molecular weight is 1650 g/mol. The van der Waals surface area contributed by atoms with Gasteiger partial charge in [-0.15, -0.1) is 0 Å². The number of methoxy groups -OCH3 is 4. The van der Waals surface area contributed by atoms with Gasteiger partial charge in [0.1, 0.15) is 34.2 Å². The molecule has 642 valence electrons. The zero-order valence-corrected chi connectivity index (χ0v) is 70.4. The normalized spacial score (nSPS) is 21.1. The highest BCUT2D eigenvalue weighted by Gasteiger charge is 2.43. The standard InChI is InChI=1S/2C20H23FN4O2.C20H29N3O4.C15H21N3O2.C12H21N3O3/c2*1-27-17-4-2-3-15(11-17)13-24-8-6-16-14-23(9-10-25(16)20(24)26)19-5-7-22-12-18(19)21;1-20(2,3)27-19(25)22-10-11-23-16(14-22)8-9-21(18(23)24)13-15-6-5-7-17(12-15)26-4;1-20-14-4-2-3-12(9-14)11-17-7-5-13-10-16-6-8-18(13)15(17)19;1-12(2,3)18-11(17)14-6-7-15-9(8-14)4-5-13-10(15)16/h2*2-5,7,11-12,16H,6,8-10,13-14H2,1H3;5-7,12,16H,8-11,13-14H2,1-4H3;2-4,9,13,16H,5-8,10-11H2,1H3;9H,4-8H2,1-3H3,(H,13,16)/t2*16-;;;/m10.../s1. The molecule has 32 heteroatoms. The Labute approximate surface area is 697 Å². The van der Waals surface area contributed by atoms with Crippen LogP contribution in [0.1, 0.15) is 95.9 Å². The van der Waals surface area contributed by atoms with Gasteiger partial charge in [-0.05, 0) is 157 Å². The van der Waals surface area contributed by atoms with E-state index >= 15 is 0 Å². The molecule has 5 atom stereocenters. The first-order valence-electron chi connectivity index (χ1n) is 41.4. The van der Waals surface area contributed by atoms with E-state index in [0.717, 1.165) is 104 Å². The summed E-state index contributed by atoms with van der Waals surface area (Å²) < 4.78 is 59.9. The Balaban J connectivity index is 0.000000138. The maximum Gasteiger partial charge on any atom is 0.410 e. The molecule has 10 aliphatic heterocycles. The number of nitrogens with one attached hydrogen (secondary N) is 2. The highest BCUT2D eigenvalue weighted by atomic mass is 19.1. The maximum atomic E-state index is 14.0. The summed E-state index contributed by atoms with van der Waals surface area (Å²) in [5, 5.41) is 6.17. The number of carbonyl (C=O) groups excluding carboxylic acids is 7. The molecule has 2 N–H and O–H groups in total. The van der Waals surface area contributed by atoms with Gasteiger partial charge in [-0.1, -0.05) is 48.5 Å². The predicted octanol–water partition coefficient (Wildman–Crippen LogP) is 10.7. The van der Waals surface area contributed by atoms with Crippen molar-refractivity contribution in [3.05, 3.63) is 168 Å². The van der Waals surface area contributed by atoms with Crippen LogP contribution in [0.15, 0.2) is 134 Å². The third kappa shape index (κ3) is 23.0. The van der Waals surface area contributed by atoms with Crippen LogP contribution in [-0.2, 0) is 35.7 Å². The van der Waals surface area contributed by atoms with Crippen LogP contribution in [-0.4, -0.2) is 307 Å². The van der Waals surface area contributed by atoms with Crippen LogP contribution in [0.3, 0.4) is 0 Å². The molecule has 16 rings (SSSR count). The summed E-state index contributed by atoms with van der Waals surface area (Å²) in [5.41, 5.74) is 4.42. The topological polar surface area (TPSA) is 267 Å². The molecular weight excluding hydrogens is 1530 g/mol. The van der Waals surface area contributed by atoms with Crippen LogP contribution in [0.4, 0.5) is 53.7 Å². The number of nitrogens with zero attached hydrogens (tertiary/aromatic N) is 15. The molecule has 10 aliphatic rings. The Hall–Kier alpha value is -11.3. The van der Waals surface area contributed by atoms with Crippen molar-refractivity contribution in [2.75, 3.05) is 169 Å². The fourth-order valence-corrected chi connectivity index (χ4v) is 16.7. The molecule has 2 aromatic heterocycles. The molecule has 10 fully saturated rings. The minimum atomic E-state index is -0.510. The highest BCUT2D eigenvalue weighted by Crippen LogP contribution is 2.32. The molecule has 4 aromatic carbocycles.